The van der Waals surface area contributed by atoms with Crippen molar-refractivity contribution in [1.82, 2.24) is 0 Å². The maximum absolute atomic E-state index is 12.6. The van der Waals surface area contributed by atoms with Crippen LogP contribution in [-0.2, 0) is 9.53 Å². The number of amides is 1. The summed E-state index contributed by atoms with van der Waals surface area (Å²) in [5, 5.41) is 5.63. The smallest absolute Gasteiger partial charge is 0.341 e. The number of esters is 1. The van der Waals surface area contributed by atoms with E-state index in [2.05, 4.69) is 5.32 Å². The number of aryl methyl sites for hydroxylation is 1. The third-order valence-electron chi connectivity index (χ3n) is 5.13. The van der Waals surface area contributed by atoms with Gasteiger partial charge < -0.3 is 23.9 Å². The number of anilines is 1. The van der Waals surface area contributed by atoms with Gasteiger partial charge in [0.25, 0.3) is 5.91 Å². The minimum absolute atomic E-state index is 0.258. The first kappa shape index (κ1) is 23.1. The maximum Gasteiger partial charge on any atom is 0.341 e. The van der Waals surface area contributed by atoms with E-state index < -0.39 is 17.5 Å². The lowest BCUT2D eigenvalue weighted by Crippen LogP contribution is -2.21. The zero-order valence-corrected chi connectivity index (χ0v) is 19.5. The molecule has 2 aromatic heterocycles. The predicted octanol–water partition coefficient (Wildman–Crippen LogP) is 4.64. The highest BCUT2D eigenvalue weighted by atomic mass is 32.1. The van der Waals surface area contributed by atoms with E-state index in [1.807, 2.05) is 19.1 Å². The summed E-state index contributed by atoms with van der Waals surface area (Å²) in [6, 6.07) is 13.6. The van der Waals surface area contributed by atoms with Crippen molar-refractivity contribution in [2.75, 3.05) is 26.1 Å². The number of methoxy groups -OCH3 is 2. The highest BCUT2D eigenvalue weighted by Crippen LogP contribution is 2.36. The Bertz CT molecular complexity index is 1420. The van der Waals surface area contributed by atoms with Gasteiger partial charge in [0, 0.05) is 28.5 Å². The van der Waals surface area contributed by atoms with Crippen molar-refractivity contribution < 1.29 is 28.2 Å². The average molecular weight is 480 g/mol. The van der Waals surface area contributed by atoms with Gasteiger partial charge in [0.2, 0.25) is 0 Å². The average Bonchev–Trinajstić information content (AvgIpc) is 3.25. The minimum Gasteiger partial charge on any atom is -0.497 e. The van der Waals surface area contributed by atoms with Crippen molar-refractivity contribution in [3.8, 4) is 22.6 Å². The Morgan fingerprint density at radius 1 is 1.03 bits per heavy atom. The van der Waals surface area contributed by atoms with E-state index in [1.54, 1.807) is 42.8 Å². The lowest BCUT2D eigenvalue weighted by Gasteiger charge is -2.10. The Kier molecular flexibility index (Phi) is 6.65. The first-order chi connectivity index (χ1) is 16.4. The summed E-state index contributed by atoms with van der Waals surface area (Å²) < 4.78 is 20.9. The first-order valence-electron chi connectivity index (χ1n) is 10.2. The molecule has 1 amide bonds. The van der Waals surface area contributed by atoms with Gasteiger partial charge in [0.05, 0.1) is 14.2 Å². The summed E-state index contributed by atoms with van der Waals surface area (Å²) in [7, 11) is 2.86. The van der Waals surface area contributed by atoms with Crippen molar-refractivity contribution in [2.24, 2.45) is 0 Å². The van der Waals surface area contributed by atoms with Crippen molar-refractivity contribution in [2.45, 2.75) is 6.92 Å². The standard InChI is InChI=1S/C25H21NO7S/c1-14-10-22(28)33-20-11-17(8-9-18(14)20)32-12-21(27)26-24-23(25(29)31-3)19(13-34-24)15-4-6-16(30-2)7-5-15/h4-11,13H,12H2,1-3H3,(H,26,27). The van der Waals surface area contributed by atoms with Crippen LogP contribution >= 0.6 is 11.3 Å². The number of fused-ring (bicyclic) bond motifs is 1. The summed E-state index contributed by atoms with van der Waals surface area (Å²) in [5.41, 5.74) is 2.38. The molecule has 0 bridgehead atoms. The third-order valence-corrected chi connectivity index (χ3v) is 6.02. The number of carbonyl (C=O) groups is 2. The van der Waals surface area contributed by atoms with Gasteiger partial charge in [-0.3, -0.25) is 4.79 Å². The monoisotopic (exact) mass is 479 g/mol. The molecule has 0 unspecified atom stereocenters. The Morgan fingerprint density at radius 2 is 1.76 bits per heavy atom. The van der Waals surface area contributed by atoms with Crippen LogP contribution in [0.5, 0.6) is 11.5 Å². The Balaban J connectivity index is 1.51. The van der Waals surface area contributed by atoms with E-state index in [0.29, 0.717) is 27.6 Å². The molecule has 0 saturated carbocycles. The van der Waals surface area contributed by atoms with Crippen molar-refractivity contribution in [1.29, 1.82) is 0 Å². The van der Waals surface area contributed by atoms with E-state index in [-0.39, 0.29) is 12.2 Å². The molecule has 0 aliphatic rings. The highest BCUT2D eigenvalue weighted by Gasteiger charge is 2.22. The van der Waals surface area contributed by atoms with Crippen molar-refractivity contribution >= 4 is 39.2 Å². The second-order valence-corrected chi connectivity index (χ2v) is 8.20. The molecule has 0 aliphatic carbocycles. The number of carbonyl (C=O) groups excluding carboxylic acids is 2. The van der Waals surface area contributed by atoms with E-state index in [1.165, 1.54) is 24.5 Å². The van der Waals surface area contributed by atoms with Crippen LogP contribution in [0.1, 0.15) is 15.9 Å². The van der Waals surface area contributed by atoms with Crippen LogP contribution in [0.3, 0.4) is 0 Å². The van der Waals surface area contributed by atoms with Gasteiger partial charge in [-0.05, 0) is 42.3 Å². The topological polar surface area (TPSA) is 104 Å². The maximum atomic E-state index is 12.6. The fourth-order valence-corrected chi connectivity index (χ4v) is 4.42. The molecule has 2 aromatic carbocycles. The zero-order chi connectivity index (χ0) is 24.2. The fraction of sp³-hybridized carbons (Fsp3) is 0.160. The minimum atomic E-state index is -0.566. The normalized spacial score (nSPS) is 10.7. The molecule has 0 spiro atoms. The molecule has 4 aromatic rings. The molecule has 0 aliphatic heterocycles. The summed E-state index contributed by atoms with van der Waals surface area (Å²) >= 11 is 1.21. The van der Waals surface area contributed by atoms with Crippen LogP contribution in [0, 0.1) is 6.92 Å². The SMILES string of the molecule is COC(=O)c1c(-c2ccc(OC)cc2)csc1NC(=O)COc1ccc2c(C)cc(=O)oc2c1. The molecular formula is C25H21NO7S. The molecular weight excluding hydrogens is 458 g/mol. The number of ether oxygens (including phenoxy) is 3. The Morgan fingerprint density at radius 3 is 2.47 bits per heavy atom. The van der Waals surface area contributed by atoms with Crippen LogP contribution in [0.25, 0.3) is 22.1 Å². The molecule has 174 valence electrons. The lowest BCUT2D eigenvalue weighted by molar-refractivity contribution is -0.118. The number of thiophene rings is 1. The van der Waals surface area contributed by atoms with Crippen molar-refractivity contribution in [3.05, 3.63) is 75.5 Å². The predicted molar refractivity (Wildman–Crippen MR) is 129 cm³/mol. The van der Waals surface area contributed by atoms with E-state index >= 15 is 0 Å². The van der Waals surface area contributed by atoms with Gasteiger partial charge in [0.1, 0.15) is 27.6 Å². The second-order valence-electron chi connectivity index (χ2n) is 7.32. The molecule has 1 N–H and O–H groups in total. The molecule has 8 nitrogen and oxygen atoms in total. The Hall–Kier alpha value is -4.11. The highest BCUT2D eigenvalue weighted by molar-refractivity contribution is 7.15. The molecule has 2 heterocycles. The third kappa shape index (κ3) is 4.79. The van der Waals surface area contributed by atoms with Crippen LogP contribution in [0.4, 0.5) is 5.00 Å². The number of hydrogen-bond acceptors (Lipinski definition) is 8. The largest absolute Gasteiger partial charge is 0.497 e. The van der Waals surface area contributed by atoms with Gasteiger partial charge in [-0.25, -0.2) is 9.59 Å². The second kappa shape index (κ2) is 9.80. The van der Waals surface area contributed by atoms with Crippen LogP contribution in [0.2, 0.25) is 0 Å². The van der Waals surface area contributed by atoms with E-state index in [9.17, 15) is 14.4 Å². The zero-order valence-electron chi connectivity index (χ0n) is 18.7. The van der Waals surface area contributed by atoms with Crippen LogP contribution in [0.15, 0.2) is 63.1 Å². The van der Waals surface area contributed by atoms with Gasteiger partial charge in [-0.2, -0.15) is 0 Å². The van der Waals surface area contributed by atoms with Gasteiger partial charge >= 0.3 is 11.6 Å². The Labute approximate surface area is 198 Å². The molecule has 4 rings (SSSR count). The number of rotatable bonds is 7. The van der Waals surface area contributed by atoms with Gasteiger partial charge in [-0.15, -0.1) is 11.3 Å². The summed E-state index contributed by atoms with van der Waals surface area (Å²) in [5.74, 6) is 0.0318. The molecule has 0 fully saturated rings. The van der Waals surface area contributed by atoms with Crippen LogP contribution in [-0.4, -0.2) is 32.7 Å². The molecule has 9 heteroatoms. The number of nitrogens with one attached hydrogen (secondary N) is 1. The summed E-state index contributed by atoms with van der Waals surface area (Å²) in [6.45, 7) is 1.51. The molecule has 0 atom stereocenters. The fourth-order valence-electron chi connectivity index (χ4n) is 3.44. The van der Waals surface area contributed by atoms with Crippen molar-refractivity contribution in [3.63, 3.8) is 0 Å². The first-order valence-corrected chi connectivity index (χ1v) is 11.1. The number of benzene rings is 2. The molecule has 0 radical (unpaired) electrons. The van der Waals surface area contributed by atoms with E-state index in [4.69, 9.17) is 18.6 Å². The number of hydrogen-bond donors (Lipinski definition) is 1. The van der Waals surface area contributed by atoms with Gasteiger partial charge in [0.15, 0.2) is 6.61 Å². The quantitative estimate of drug-likeness (QED) is 0.304. The molecule has 34 heavy (non-hydrogen) atoms. The summed E-state index contributed by atoms with van der Waals surface area (Å²) in [4.78, 5) is 36.7. The van der Waals surface area contributed by atoms with Crippen LogP contribution < -0.4 is 20.4 Å². The summed E-state index contributed by atoms with van der Waals surface area (Å²) in [6.07, 6.45) is 0. The van der Waals surface area contributed by atoms with Gasteiger partial charge in [-0.1, -0.05) is 12.1 Å². The van der Waals surface area contributed by atoms with E-state index in [0.717, 1.165) is 16.5 Å². The molecule has 0 saturated heterocycles. The lowest BCUT2D eigenvalue weighted by atomic mass is 10.0.